The van der Waals surface area contributed by atoms with Gasteiger partial charge in [0, 0.05) is 45.8 Å². The Morgan fingerprint density at radius 3 is 2.45 bits per heavy atom. The number of amides is 2. The number of ether oxygens (including phenoxy) is 3. The van der Waals surface area contributed by atoms with E-state index in [1.165, 1.54) is 20.3 Å². The topological polar surface area (TPSA) is 133 Å². The number of carbonyl (C=O) groups is 4. The van der Waals surface area contributed by atoms with Crippen LogP contribution < -0.4 is 15.4 Å². The first-order valence-electron chi connectivity index (χ1n) is 14.1. The maximum atomic E-state index is 14.0. The molecule has 226 valence electrons. The van der Waals surface area contributed by atoms with Gasteiger partial charge < -0.3 is 24.8 Å². The molecule has 4 aromatic rings. The minimum atomic E-state index is -0.755. The summed E-state index contributed by atoms with van der Waals surface area (Å²) in [6, 6.07) is 15.5. The summed E-state index contributed by atoms with van der Waals surface area (Å²) in [7, 11) is 2.56. The van der Waals surface area contributed by atoms with Gasteiger partial charge in [-0.1, -0.05) is 19.1 Å². The summed E-state index contributed by atoms with van der Waals surface area (Å²) in [5, 5.41) is 7.69. The molecule has 0 fully saturated rings. The van der Waals surface area contributed by atoms with Crippen LogP contribution in [0.1, 0.15) is 55.8 Å². The number of nitrogens with zero attached hydrogens (tertiary/aromatic N) is 1. The molecule has 44 heavy (non-hydrogen) atoms. The third-order valence-corrected chi connectivity index (χ3v) is 8.09. The highest BCUT2D eigenvalue weighted by molar-refractivity contribution is 7.13. The molecule has 0 saturated heterocycles. The lowest BCUT2D eigenvalue weighted by Gasteiger charge is -2.17. The number of carbonyl (C=O) groups excluding carboxylic acids is 4. The van der Waals surface area contributed by atoms with E-state index in [0.29, 0.717) is 42.1 Å². The maximum Gasteiger partial charge on any atom is 0.357 e. The summed E-state index contributed by atoms with van der Waals surface area (Å²) in [5.74, 6) is -1.42. The Bertz CT molecular complexity index is 1730. The van der Waals surface area contributed by atoms with Crippen LogP contribution in [0.5, 0.6) is 5.75 Å². The minimum absolute atomic E-state index is 0.0508. The van der Waals surface area contributed by atoms with E-state index in [2.05, 4.69) is 15.6 Å². The average Bonchev–Trinajstić information content (AvgIpc) is 3.44. The Labute approximate surface area is 258 Å². The lowest BCUT2D eigenvalue weighted by atomic mass is 9.93. The number of anilines is 1. The van der Waals surface area contributed by atoms with E-state index in [9.17, 15) is 19.2 Å². The van der Waals surface area contributed by atoms with E-state index in [1.54, 1.807) is 53.8 Å². The molecule has 0 atom stereocenters. The number of aromatic nitrogens is 1. The van der Waals surface area contributed by atoms with Crippen LogP contribution in [0.2, 0.25) is 0 Å². The Morgan fingerprint density at radius 1 is 0.932 bits per heavy atom. The fourth-order valence-electron chi connectivity index (χ4n) is 4.85. The molecule has 2 aromatic heterocycles. The van der Waals surface area contributed by atoms with E-state index in [0.717, 1.165) is 28.0 Å². The van der Waals surface area contributed by atoms with Crippen LogP contribution >= 0.6 is 11.3 Å². The van der Waals surface area contributed by atoms with Crippen molar-refractivity contribution in [2.24, 2.45) is 0 Å². The Balaban J connectivity index is 1.61. The molecule has 3 heterocycles. The standard InChI is InChI=1S/C33H31N3O7S/c1-4-13-34-32(39)26-10-9-22(29(36-26)33(40)42-3)23-18-27-25(30-20(11-14-43-27)12-15-44-30)17-24(23)31(38)35-21-7-5-19(6-8-21)16-28(37)41-2/h5-10,12,15,17-18H,4,11,13-14,16H2,1-3H3,(H,34,39)(H,35,38). The second-order valence-corrected chi connectivity index (χ2v) is 10.9. The molecule has 11 heteroatoms. The zero-order chi connectivity index (χ0) is 31.2. The van der Waals surface area contributed by atoms with Gasteiger partial charge in [-0.3, -0.25) is 14.4 Å². The highest BCUT2D eigenvalue weighted by atomic mass is 32.1. The van der Waals surface area contributed by atoms with Crippen LogP contribution in [0.3, 0.4) is 0 Å². The number of nitrogens with one attached hydrogen (secondary N) is 2. The smallest absolute Gasteiger partial charge is 0.357 e. The number of rotatable bonds is 9. The van der Waals surface area contributed by atoms with Crippen molar-refractivity contribution >= 4 is 40.8 Å². The monoisotopic (exact) mass is 613 g/mol. The fraction of sp³-hybridized carbons (Fsp3) is 0.242. The van der Waals surface area contributed by atoms with Crippen LogP contribution in [0.25, 0.3) is 21.6 Å². The van der Waals surface area contributed by atoms with E-state index in [1.807, 2.05) is 18.4 Å². The van der Waals surface area contributed by atoms with Crippen molar-refractivity contribution < 1.29 is 33.4 Å². The van der Waals surface area contributed by atoms with Crippen molar-refractivity contribution in [2.45, 2.75) is 26.2 Å². The highest BCUT2D eigenvalue weighted by Crippen LogP contribution is 2.43. The summed E-state index contributed by atoms with van der Waals surface area (Å²) < 4.78 is 15.9. The average molecular weight is 614 g/mol. The maximum absolute atomic E-state index is 14.0. The van der Waals surface area contributed by atoms with E-state index < -0.39 is 17.8 Å². The van der Waals surface area contributed by atoms with Crippen molar-refractivity contribution in [3.05, 3.63) is 88.1 Å². The van der Waals surface area contributed by atoms with E-state index in [-0.39, 0.29) is 29.3 Å². The van der Waals surface area contributed by atoms with Crippen LogP contribution in [0.4, 0.5) is 5.69 Å². The molecule has 1 aliphatic heterocycles. The molecule has 2 N–H and O–H groups in total. The van der Waals surface area contributed by atoms with Gasteiger partial charge in [0.15, 0.2) is 5.69 Å². The van der Waals surface area contributed by atoms with Gasteiger partial charge in [-0.25, -0.2) is 9.78 Å². The van der Waals surface area contributed by atoms with Crippen molar-refractivity contribution in [1.29, 1.82) is 0 Å². The molecule has 0 bridgehead atoms. The SMILES string of the molecule is CCCNC(=O)c1ccc(-c2cc3c(cc2C(=O)Nc2ccc(CC(=O)OC)cc2)-c2sccc2CCO3)c(C(=O)OC)n1. The summed E-state index contributed by atoms with van der Waals surface area (Å²) in [6.45, 7) is 2.83. The van der Waals surface area contributed by atoms with Crippen molar-refractivity contribution in [2.75, 3.05) is 32.7 Å². The molecule has 0 unspecified atom stereocenters. The summed E-state index contributed by atoms with van der Waals surface area (Å²) in [6.07, 6.45) is 1.55. The van der Waals surface area contributed by atoms with Crippen LogP contribution in [0.15, 0.2) is 60.0 Å². The number of benzene rings is 2. The second kappa shape index (κ2) is 13.5. The third-order valence-electron chi connectivity index (χ3n) is 7.11. The number of fused-ring (bicyclic) bond motifs is 3. The summed E-state index contributed by atoms with van der Waals surface area (Å²) in [4.78, 5) is 56.6. The van der Waals surface area contributed by atoms with Gasteiger partial charge in [-0.05, 0) is 65.4 Å². The largest absolute Gasteiger partial charge is 0.493 e. The molecule has 0 radical (unpaired) electrons. The van der Waals surface area contributed by atoms with Gasteiger partial charge in [-0.2, -0.15) is 0 Å². The summed E-state index contributed by atoms with van der Waals surface area (Å²) >= 11 is 1.56. The first-order chi connectivity index (χ1) is 21.3. The van der Waals surface area contributed by atoms with Gasteiger partial charge in [-0.15, -0.1) is 11.3 Å². The van der Waals surface area contributed by atoms with Crippen molar-refractivity contribution in [1.82, 2.24) is 10.3 Å². The highest BCUT2D eigenvalue weighted by Gasteiger charge is 2.27. The quantitative estimate of drug-likeness (QED) is 0.243. The second-order valence-electron chi connectivity index (χ2n) is 10.0. The molecule has 0 spiro atoms. The first-order valence-corrected chi connectivity index (χ1v) is 14.9. The number of methoxy groups -OCH3 is 2. The van der Waals surface area contributed by atoms with Crippen LogP contribution in [-0.4, -0.2) is 56.1 Å². The fourth-order valence-corrected chi connectivity index (χ4v) is 5.83. The number of thiophene rings is 1. The minimum Gasteiger partial charge on any atom is -0.493 e. The van der Waals surface area contributed by atoms with Crippen molar-refractivity contribution in [3.8, 4) is 27.3 Å². The Kier molecular flexibility index (Phi) is 9.35. The molecule has 10 nitrogen and oxygen atoms in total. The zero-order valence-corrected chi connectivity index (χ0v) is 25.3. The lowest BCUT2D eigenvalue weighted by Crippen LogP contribution is -2.26. The number of hydrogen-bond acceptors (Lipinski definition) is 9. The van der Waals surface area contributed by atoms with Gasteiger partial charge in [0.05, 0.1) is 27.2 Å². The Morgan fingerprint density at radius 2 is 1.73 bits per heavy atom. The first kappa shape index (κ1) is 30.4. The molecule has 2 aromatic carbocycles. The normalized spacial score (nSPS) is 11.7. The predicted molar refractivity (Wildman–Crippen MR) is 166 cm³/mol. The van der Waals surface area contributed by atoms with Crippen LogP contribution in [-0.2, 0) is 27.1 Å². The van der Waals surface area contributed by atoms with Gasteiger partial charge in [0.25, 0.3) is 11.8 Å². The van der Waals surface area contributed by atoms with Crippen LogP contribution in [0, 0.1) is 0 Å². The third kappa shape index (κ3) is 6.47. The number of esters is 2. The van der Waals surface area contributed by atoms with E-state index in [4.69, 9.17) is 14.2 Å². The molecule has 5 rings (SSSR count). The molecule has 2 amide bonds. The molecule has 0 aliphatic carbocycles. The van der Waals surface area contributed by atoms with Gasteiger partial charge in [0.2, 0.25) is 0 Å². The van der Waals surface area contributed by atoms with E-state index >= 15 is 0 Å². The predicted octanol–water partition coefficient (Wildman–Crippen LogP) is 5.31. The molecular formula is C33H31N3O7S. The zero-order valence-electron chi connectivity index (χ0n) is 24.5. The summed E-state index contributed by atoms with van der Waals surface area (Å²) in [5.41, 5.74) is 4.03. The van der Waals surface area contributed by atoms with Gasteiger partial charge >= 0.3 is 11.9 Å². The number of hydrogen-bond donors (Lipinski definition) is 2. The lowest BCUT2D eigenvalue weighted by molar-refractivity contribution is -0.139. The van der Waals surface area contributed by atoms with Crippen molar-refractivity contribution in [3.63, 3.8) is 0 Å². The molecule has 1 aliphatic rings. The Hall–Kier alpha value is -5.03. The number of pyridine rings is 1. The molecular weight excluding hydrogens is 582 g/mol. The molecule has 0 saturated carbocycles. The van der Waals surface area contributed by atoms with Gasteiger partial charge in [0.1, 0.15) is 11.4 Å².